The molecule has 1 aromatic heterocycles. The summed E-state index contributed by atoms with van der Waals surface area (Å²) in [4.78, 5) is 15.7. The summed E-state index contributed by atoms with van der Waals surface area (Å²) in [5, 5.41) is 3.03. The molecule has 0 fully saturated rings. The van der Waals surface area contributed by atoms with E-state index in [1.165, 1.54) is 4.57 Å². The van der Waals surface area contributed by atoms with E-state index in [0.29, 0.717) is 12.4 Å². The fourth-order valence-electron chi connectivity index (χ4n) is 1.45. The number of hydrogen-bond acceptors (Lipinski definition) is 3. The van der Waals surface area contributed by atoms with Gasteiger partial charge in [0.2, 0.25) is 0 Å². The zero-order chi connectivity index (χ0) is 12.3. The van der Waals surface area contributed by atoms with Crippen LogP contribution in [-0.4, -0.2) is 9.55 Å². The van der Waals surface area contributed by atoms with E-state index >= 15 is 0 Å². The minimum atomic E-state index is -0.123. The maximum absolute atomic E-state index is 11.7. The number of benzene rings is 1. The number of aromatic nitrogens is 2. The van der Waals surface area contributed by atoms with Crippen molar-refractivity contribution in [1.82, 2.24) is 9.55 Å². The zero-order valence-corrected chi connectivity index (χ0v) is 10.9. The van der Waals surface area contributed by atoms with Crippen molar-refractivity contribution < 1.29 is 0 Å². The molecule has 0 amide bonds. The lowest BCUT2D eigenvalue weighted by atomic mass is 10.2. The fraction of sp³-hybridized carbons (Fsp3) is 0.167. The van der Waals surface area contributed by atoms with Crippen molar-refractivity contribution in [2.75, 3.05) is 5.32 Å². The Morgan fingerprint density at radius 3 is 3.06 bits per heavy atom. The summed E-state index contributed by atoms with van der Waals surface area (Å²) >= 11 is 3.41. The second-order valence-corrected chi connectivity index (χ2v) is 4.59. The molecular weight excluding hydrogens is 282 g/mol. The molecule has 1 aromatic carbocycles. The summed E-state index contributed by atoms with van der Waals surface area (Å²) in [6.45, 7) is 0.575. The first-order chi connectivity index (χ1) is 8.16. The van der Waals surface area contributed by atoms with E-state index in [4.69, 9.17) is 0 Å². The highest BCUT2D eigenvalue weighted by Gasteiger charge is 2.01. The van der Waals surface area contributed by atoms with Crippen LogP contribution in [0.1, 0.15) is 5.56 Å². The Kier molecular flexibility index (Phi) is 3.58. The highest BCUT2D eigenvalue weighted by molar-refractivity contribution is 9.10. The van der Waals surface area contributed by atoms with Gasteiger partial charge in [-0.1, -0.05) is 28.1 Å². The van der Waals surface area contributed by atoms with Crippen LogP contribution in [0.4, 0.5) is 5.82 Å². The standard InChI is InChI=1S/C12H12BrN3O/c1-16-6-5-14-11(12(16)17)15-8-9-3-2-4-10(13)7-9/h2-7H,8H2,1H3,(H,14,15). The summed E-state index contributed by atoms with van der Waals surface area (Å²) in [5.41, 5.74) is 0.967. The minimum absolute atomic E-state index is 0.123. The first kappa shape index (κ1) is 11.9. The van der Waals surface area contributed by atoms with Crippen molar-refractivity contribution in [3.63, 3.8) is 0 Å². The van der Waals surface area contributed by atoms with Crippen LogP contribution in [0.25, 0.3) is 0 Å². The van der Waals surface area contributed by atoms with Gasteiger partial charge in [-0.05, 0) is 17.7 Å². The second-order valence-electron chi connectivity index (χ2n) is 3.68. The molecule has 0 radical (unpaired) electrons. The number of anilines is 1. The van der Waals surface area contributed by atoms with E-state index in [0.717, 1.165) is 10.0 Å². The number of nitrogens with zero attached hydrogens (tertiary/aromatic N) is 2. The fourth-order valence-corrected chi connectivity index (χ4v) is 1.90. The van der Waals surface area contributed by atoms with E-state index in [9.17, 15) is 4.79 Å². The highest BCUT2D eigenvalue weighted by atomic mass is 79.9. The molecule has 0 aliphatic carbocycles. The molecule has 0 saturated heterocycles. The molecule has 0 spiro atoms. The number of nitrogens with one attached hydrogen (secondary N) is 1. The molecule has 0 atom stereocenters. The van der Waals surface area contributed by atoms with Gasteiger partial charge in [0.05, 0.1) is 0 Å². The van der Waals surface area contributed by atoms with Crippen LogP contribution in [0.5, 0.6) is 0 Å². The van der Waals surface area contributed by atoms with Gasteiger partial charge in [0.25, 0.3) is 5.56 Å². The van der Waals surface area contributed by atoms with Gasteiger partial charge in [-0.15, -0.1) is 0 Å². The molecule has 2 aromatic rings. The van der Waals surface area contributed by atoms with Gasteiger partial charge in [0, 0.05) is 30.5 Å². The first-order valence-electron chi connectivity index (χ1n) is 5.17. The quantitative estimate of drug-likeness (QED) is 0.943. The van der Waals surface area contributed by atoms with Crippen molar-refractivity contribution in [1.29, 1.82) is 0 Å². The maximum atomic E-state index is 11.7. The minimum Gasteiger partial charge on any atom is -0.361 e. The van der Waals surface area contributed by atoms with E-state index in [1.807, 2.05) is 24.3 Å². The molecule has 0 aliphatic rings. The molecule has 0 bridgehead atoms. The van der Waals surface area contributed by atoms with Crippen LogP contribution < -0.4 is 10.9 Å². The third kappa shape index (κ3) is 2.94. The van der Waals surface area contributed by atoms with E-state index in [-0.39, 0.29) is 5.56 Å². The van der Waals surface area contributed by atoms with Crippen LogP contribution in [0.15, 0.2) is 45.9 Å². The van der Waals surface area contributed by atoms with E-state index in [1.54, 1.807) is 19.4 Å². The molecule has 1 N–H and O–H groups in total. The number of aryl methyl sites for hydroxylation is 1. The topological polar surface area (TPSA) is 46.9 Å². The molecule has 0 aliphatic heterocycles. The van der Waals surface area contributed by atoms with Gasteiger partial charge in [-0.2, -0.15) is 0 Å². The third-order valence-corrected chi connectivity index (χ3v) is 2.86. The molecule has 5 heteroatoms. The molecular formula is C12H12BrN3O. The summed E-state index contributed by atoms with van der Waals surface area (Å²) in [6.07, 6.45) is 3.23. The van der Waals surface area contributed by atoms with Gasteiger partial charge >= 0.3 is 0 Å². The van der Waals surface area contributed by atoms with Crippen molar-refractivity contribution in [3.05, 3.63) is 57.0 Å². The molecule has 17 heavy (non-hydrogen) atoms. The average Bonchev–Trinajstić information content (AvgIpc) is 2.31. The molecule has 0 unspecified atom stereocenters. The molecule has 2 rings (SSSR count). The lowest BCUT2D eigenvalue weighted by Crippen LogP contribution is -2.21. The lowest BCUT2D eigenvalue weighted by Gasteiger charge is -2.06. The first-order valence-corrected chi connectivity index (χ1v) is 5.96. The smallest absolute Gasteiger partial charge is 0.293 e. The van der Waals surface area contributed by atoms with Crippen LogP contribution in [0, 0.1) is 0 Å². The summed E-state index contributed by atoms with van der Waals surface area (Å²) in [7, 11) is 1.70. The zero-order valence-electron chi connectivity index (χ0n) is 9.35. The monoisotopic (exact) mass is 293 g/mol. The largest absolute Gasteiger partial charge is 0.361 e. The van der Waals surface area contributed by atoms with Crippen LogP contribution in [-0.2, 0) is 13.6 Å². The second kappa shape index (κ2) is 5.14. The van der Waals surface area contributed by atoms with Gasteiger partial charge in [-0.25, -0.2) is 4.98 Å². The van der Waals surface area contributed by atoms with Gasteiger partial charge in [-0.3, -0.25) is 4.79 Å². The molecule has 0 saturated carbocycles. The van der Waals surface area contributed by atoms with Crippen molar-refractivity contribution in [3.8, 4) is 0 Å². The SMILES string of the molecule is Cn1ccnc(NCc2cccc(Br)c2)c1=O. The average molecular weight is 294 g/mol. The van der Waals surface area contributed by atoms with Crippen molar-refractivity contribution in [2.45, 2.75) is 6.54 Å². The van der Waals surface area contributed by atoms with E-state index in [2.05, 4.69) is 26.2 Å². The Bertz CT molecular complexity index is 580. The Labute approximate surface area is 107 Å². The lowest BCUT2D eigenvalue weighted by molar-refractivity contribution is 0.839. The molecule has 88 valence electrons. The van der Waals surface area contributed by atoms with Crippen molar-refractivity contribution >= 4 is 21.7 Å². The van der Waals surface area contributed by atoms with Gasteiger partial charge < -0.3 is 9.88 Å². The highest BCUT2D eigenvalue weighted by Crippen LogP contribution is 2.12. The predicted octanol–water partition coefficient (Wildman–Crippen LogP) is 2.15. The molecule has 4 nitrogen and oxygen atoms in total. The Morgan fingerprint density at radius 2 is 2.29 bits per heavy atom. The summed E-state index contributed by atoms with van der Waals surface area (Å²) in [5.74, 6) is 0.370. The Hall–Kier alpha value is -1.62. The number of halogens is 1. The number of hydrogen-bond donors (Lipinski definition) is 1. The summed E-state index contributed by atoms with van der Waals surface area (Å²) in [6, 6.07) is 7.91. The normalized spacial score (nSPS) is 10.2. The van der Waals surface area contributed by atoms with Crippen LogP contribution in [0.3, 0.4) is 0 Å². The Balaban J connectivity index is 2.13. The Morgan fingerprint density at radius 1 is 1.47 bits per heavy atom. The maximum Gasteiger partial charge on any atom is 0.293 e. The van der Waals surface area contributed by atoms with Crippen LogP contribution in [0.2, 0.25) is 0 Å². The van der Waals surface area contributed by atoms with Crippen molar-refractivity contribution in [2.24, 2.45) is 7.05 Å². The predicted molar refractivity (Wildman–Crippen MR) is 70.9 cm³/mol. The van der Waals surface area contributed by atoms with Gasteiger partial charge in [0.15, 0.2) is 5.82 Å². The summed E-state index contributed by atoms with van der Waals surface area (Å²) < 4.78 is 2.52. The molecule has 1 heterocycles. The van der Waals surface area contributed by atoms with Crippen LogP contribution >= 0.6 is 15.9 Å². The third-order valence-electron chi connectivity index (χ3n) is 2.37. The van der Waals surface area contributed by atoms with Gasteiger partial charge in [0.1, 0.15) is 0 Å². The van der Waals surface area contributed by atoms with E-state index < -0.39 is 0 Å². The number of rotatable bonds is 3.